The molecule has 1 aliphatic heterocycles. The number of aryl methyl sites for hydroxylation is 1. The van der Waals surface area contributed by atoms with Gasteiger partial charge in [-0.3, -0.25) is 4.79 Å². The molecule has 3 aromatic rings. The van der Waals surface area contributed by atoms with Crippen molar-refractivity contribution in [1.82, 2.24) is 0 Å². The minimum Gasteiger partial charge on any atom is -0.493 e. The molecule has 0 N–H and O–H groups in total. The lowest BCUT2D eigenvalue weighted by Gasteiger charge is -2.10. The van der Waals surface area contributed by atoms with E-state index < -0.39 is 5.97 Å². The summed E-state index contributed by atoms with van der Waals surface area (Å²) in [6.45, 7) is 2.10. The van der Waals surface area contributed by atoms with Gasteiger partial charge < -0.3 is 18.9 Å². The Morgan fingerprint density at radius 2 is 1.61 bits per heavy atom. The lowest BCUT2D eigenvalue weighted by Crippen LogP contribution is -2.09. The molecule has 1 aliphatic rings. The van der Waals surface area contributed by atoms with Gasteiger partial charge in [-0.15, -0.1) is 0 Å². The Labute approximate surface area is 179 Å². The van der Waals surface area contributed by atoms with Crippen LogP contribution >= 0.6 is 0 Å². The molecule has 31 heavy (non-hydrogen) atoms. The summed E-state index contributed by atoms with van der Waals surface area (Å²) < 4.78 is 21.4. The highest BCUT2D eigenvalue weighted by atomic mass is 16.7. The fourth-order valence-electron chi connectivity index (χ4n) is 3.04. The molecule has 4 rings (SSSR count). The first-order valence-corrected chi connectivity index (χ1v) is 9.62. The van der Waals surface area contributed by atoms with Crippen LogP contribution in [0.25, 0.3) is 6.08 Å². The smallest absolute Gasteiger partial charge is 0.343 e. The molecule has 0 spiro atoms. The van der Waals surface area contributed by atoms with Gasteiger partial charge in [-0.2, -0.15) is 0 Å². The van der Waals surface area contributed by atoms with E-state index in [-0.39, 0.29) is 18.3 Å². The first kappa shape index (κ1) is 20.2. The van der Waals surface area contributed by atoms with Gasteiger partial charge in [-0.25, -0.2) is 4.79 Å². The van der Waals surface area contributed by atoms with Crippen LogP contribution in [-0.2, 0) is 0 Å². The average molecular weight is 416 g/mol. The Morgan fingerprint density at radius 3 is 2.39 bits per heavy atom. The van der Waals surface area contributed by atoms with E-state index in [0.29, 0.717) is 28.4 Å². The number of carbonyl (C=O) groups excluding carboxylic acids is 2. The summed E-state index contributed by atoms with van der Waals surface area (Å²) in [6.07, 6.45) is 3.19. The zero-order chi connectivity index (χ0) is 21.8. The fraction of sp³-hybridized carbons (Fsp3) is 0.120. The maximum absolute atomic E-state index is 12.5. The molecule has 0 unspecified atom stereocenters. The molecule has 0 aromatic heterocycles. The van der Waals surface area contributed by atoms with E-state index in [1.54, 1.807) is 54.6 Å². The van der Waals surface area contributed by atoms with Gasteiger partial charge in [0.05, 0.1) is 12.7 Å². The van der Waals surface area contributed by atoms with Gasteiger partial charge in [-0.1, -0.05) is 42.0 Å². The van der Waals surface area contributed by atoms with Crippen LogP contribution in [0, 0.1) is 6.92 Å². The maximum Gasteiger partial charge on any atom is 0.343 e. The lowest BCUT2D eigenvalue weighted by molar-refractivity contribution is 0.0729. The normalized spacial score (nSPS) is 12.1. The molecule has 1 heterocycles. The summed E-state index contributed by atoms with van der Waals surface area (Å²) in [5.74, 6) is 1.09. The molecule has 0 atom stereocenters. The maximum atomic E-state index is 12.5. The Balaban J connectivity index is 1.48. The second-order valence-corrected chi connectivity index (χ2v) is 6.93. The van der Waals surface area contributed by atoms with Gasteiger partial charge in [0.2, 0.25) is 6.79 Å². The second kappa shape index (κ2) is 8.75. The molecule has 6 heteroatoms. The quantitative estimate of drug-likeness (QED) is 0.248. The summed E-state index contributed by atoms with van der Waals surface area (Å²) in [6, 6.07) is 17.3. The number of benzene rings is 3. The minimum absolute atomic E-state index is 0.0997. The molecule has 0 radical (unpaired) electrons. The topological polar surface area (TPSA) is 71.1 Å². The van der Waals surface area contributed by atoms with E-state index in [1.165, 1.54) is 13.2 Å². The number of hydrogen-bond donors (Lipinski definition) is 0. The van der Waals surface area contributed by atoms with Crippen molar-refractivity contribution in [3.05, 3.63) is 89.0 Å². The highest BCUT2D eigenvalue weighted by Crippen LogP contribution is 2.34. The van der Waals surface area contributed by atoms with E-state index >= 15 is 0 Å². The number of fused-ring (bicyclic) bond motifs is 1. The van der Waals surface area contributed by atoms with E-state index in [4.69, 9.17) is 18.9 Å². The highest BCUT2D eigenvalue weighted by Gasteiger charge is 2.18. The number of carbonyl (C=O) groups is 2. The van der Waals surface area contributed by atoms with Crippen LogP contribution in [0.4, 0.5) is 0 Å². The zero-order valence-corrected chi connectivity index (χ0v) is 17.1. The monoisotopic (exact) mass is 416 g/mol. The summed E-state index contributed by atoms with van der Waals surface area (Å²) in [5, 5.41) is 0. The molecule has 0 fully saturated rings. The third-order valence-corrected chi connectivity index (χ3v) is 4.76. The predicted molar refractivity (Wildman–Crippen MR) is 115 cm³/mol. The first-order valence-electron chi connectivity index (χ1n) is 9.62. The van der Waals surface area contributed by atoms with Gasteiger partial charge in [0.15, 0.2) is 28.8 Å². The fourth-order valence-corrected chi connectivity index (χ4v) is 3.04. The van der Waals surface area contributed by atoms with Crippen molar-refractivity contribution in [1.29, 1.82) is 0 Å². The van der Waals surface area contributed by atoms with E-state index in [9.17, 15) is 9.59 Å². The van der Waals surface area contributed by atoms with Crippen molar-refractivity contribution in [3.63, 3.8) is 0 Å². The minimum atomic E-state index is -0.547. The Morgan fingerprint density at radius 1 is 0.871 bits per heavy atom. The van der Waals surface area contributed by atoms with Crippen molar-refractivity contribution < 1.29 is 28.5 Å². The summed E-state index contributed by atoms with van der Waals surface area (Å²) in [5.41, 5.74) is 2.78. The highest BCUT2D eigenvalue weighted by molar-refractivity contribution is 6.06. The van der Waals surface area contributed by atoms with Crippen molar-refractivity contribution in [2.75, 3.05) is 13.9 Å². The number of methoxy groups -OCH3 is 1. The van der Waals surface area contributed by atoms with Crippen molar-refractivity contribution >= 4 is 17.8 Å². The zero-order valence-electron chi connectivity index (χ0n) is 17.1. The van der Waals surface area contributed by atoms with Crippen LogP contribution in [0.5, 0.6) is 23.0 Å². The molecule has 156 valence electrons. The molecule has 0 aliphatic carbocycles. The lowest BCUT2D eigenvalue weighted by atomic mass is 10.1. The Kier molecular flexibility index (Phi) is 5.71. The second-order valence-electron chi connectivity index (χ2n) is 6.93. The van der Waals surface area contributed by atoms with Gasteiger partial charge >= 0.3 is 5.97 Å². The molecule has 0 amide bonds. The van der Waals surface area contributed by atoms with Crippen LogP contribution in [0.15, 0.2) is 66.7 Å². The molecular weight excluding hydrogens is 396 g/mol. The van der Waals surface area contributed by atoms with Crippen LogP contribution in [-0.4, -0.2) is 25.7 Å². The van der Waals surface area contributed by atoms with Crippen LogP contribution in [0.2, 0.25) is 0 Å². The van der Waals surface area contributed by atoms with Gasteiger partial charge in [0.25, 0.3) is 0 Å². The number of esters is 1. The largest absolute Gasteiger partial charge is 0.493 e. The van der Waals surface area contributed by atoms with Crippen LogP contribution in [0.3, 0.4) is 0 Å². The predicted octanol–water partition coefficient (Wildman–Crippen LogP) is 4.85. The number of rotatable bonds is 6. The Hall–Kier alpha value is -4.06. The van der Waals surface area contributed by atoms with Crippen molar-refractivity contribution in [3.8, 4) is 23.0 Å². The van der Waals surface area contributed by atoms with Gasteiger partial charge in [-0.05, 0) is 48.9 Å². The average Bonchev–Trinajstić information content (AvgIpc) is 3.26. The molecule has 6 nitrogen and oxygen atoms in total. The summed E-state index contributed by atoms with van der Waals surface area (Å²) >= 11 is 0. The van der Waals surface area contributed by atoms with Crippen LogP contribution in [0.1, 0.15) is 31.8 Å². The van der Waals surface area contributed by atoms with E-state index in [1.807, 2.05) is 19.1 Å². The molecular formula is C25H20O6. The molecule has 0 saturated heterocycles. The first-order chi connectivity index (χ1) is 15.0. The van der Waals surface area contributed by atoms with Crippen molar-refractivity contribution in [2.45, 2.75) is 6.92 Å². The van der Waals surface area contributed by atoms with Gasteiger partial charge in [0, 0.05) is 5.56 Å². The molecule has 3 aromatic carbocycles. The third-order valence-electron chi connectivity index (χ3n) is 4.76. The molecule has 0 bridgehead atoms. The third kappa shape index (κ3) is 4.59. The Bertz CT molecular complexity index is 1160. The van der Waals surface area contributed by atoms with E-state index in [0.717, 1.165) is 11.1 Å². The standard InChI is InChI=1S/C25H20O6/c1-16-3-7-18(8-4-16)20(26)10-5-17-6-11-22(23(13-17)28-2)31-25(27)19-9-12-21-24(14-19)30-15-29-21/h3-14H,15H2,1-2H3/b10-5+. The number of ether oxygens (including phenoxy) is 4. The van der Waals surface area contributed by atoms with E-state index in [2.05, 4.69) is 0 Å². The SMILES string of the molecule is COc1cc(/C=C/C(=O)c2ccc(C)cc2)ccc1OC(=O)c1ccc2c(c1)OCO2. The molecule has 0 saturated carbocycles. The van der Waals surface area contributed by atoms with Gasteiger partial charge in [0.1, 0.15) is 0 Å². The number of allylic oxidation sites excluding steroid dienone is 1. The summed E-state index contributed by atoms with van der Waals surface area (Å²) in [7, 11) is 1.48. The number of ketones is 1. The summed E-state index contributed by atoms with van der Waals surface area (Å²) in [4.78, 5) is 24.9. The van der Waals surface area contributed by atoms with Crippen LogP contribution < -0.4 is 18.9 Å². The van der Waals surface area contributed by atoms with Crippen molar-refractivity contribution in [2.24, 2.45) is 0 Å². The number of hydrogen-bond acceptors (Lipinski definition) is 6.